The zero-order valence-corrected chi connectivity index (χ0v) is 11.4. The van der Waals surface area contributed by atoms with Gasteiger partial charge in [0, 0.05) is 22.8 Å². The van der Waals surface area contributed by atoms with Crippen molar-refractivity contribution in [2.75, 3.05) is 5.32 Å². The average molecular weight is 293 g/mol. The Morgan fingerprint density at radius 2 is 1.90 bits per heavy atom. The lowest BCUT2D eigenvalue weighted by Gasteiger charge is -2.12. The van der Waals surface area contributed by atoms with Crippen molar-refractivity contribution in [3.05, 3.63) is 63.7 Å². The second-order valence-corrected chi connectivity index (χ2v) is 4.70. The maximum Gasteiger partial charge on any atom is 0.132 e. The van der Waals surface area contributed by atoms with Crippen LogP contribution in [-0.4, -0.2) is 0 Å². The van der Waals surface area contributed by atoms with Gasteiger partial charge in [-0.25, -0.2) is 8.78 Å². The molecule has 0 fully saturated rings. The van der Waals surface area contributed by atoms with Crippen LogP contribution in [0.3, 0.4) is 0 Å². The van der Waals surface area contributed by atoms with Crippen LogP contribution >= 0.6 is 11.6 Å². The van der Waals surface area contributed by atoms with Crippen molar-refractivity contribution < 1.29 is 8.78 Å². The molecule has 0 bridgehead atoms. The molecule has 1 N–H and O–H groups in total. The summed E-state index contributed by atoms with van der Waals surface area (Å²) in [5, 5.41) is 12.2. The number of hydrogen-bond donors (Lipinski definition) is 1. The third-order valence-electron chi connectivity index (χ3n) is 2.99. The van der Waals surface area contributed by atoms with Crippen LogP contribution in [0.5, 0.6) is 0 Å². The third kappa shape index (κ3) is 2.89. The van der Waals surface area contributed by atoms with Gasteiger partial charge in [0.2, 0.25) is 0 Å². The van der Waals surface area contributed by atoms with Gasteiger partial charge < -0.3 is 5.32 Å². The van der Waals surface area contributed by atoms with E-state index in [2.05, 4.69) is 5.32 Å². The van der Waals surface area contributed by atoms with Crippen LogP contribution in [0, 0.1) is 29.9 Å². The van der Waals surface area contributed by atoms with Gasteiger partial charge in [-0.1, -0.05) is 17.7 Å². The Morgan fingerprint density at radius 1 is 1.25 bits per heavy atom. The van der Waals surface area contributed by atoms with Gasteiger partial charge in [0.15, 0.2) is 0 Å². The van der Waals surface area contributed by atoms with E-state index < -0.39 is 11.6 Å². The molecule has 0 aliphatic heterocycles. The zero-order valence-electron chi connectivity index (χ0n) is 10.7. The van der Waals surface area contributed by atoms with Crippen LogP contribution in [0.25, 0.3) is 0 Å². The molecule has 0 amide bonds. The van der Waals surface area contributed by atoms with Gasteiger partial charge in [-0.15, -0.1) is 0 Å². The minimum atomic E-state index is -0.742. The van der Waals surface area contributed by atoms with Crippen LogP contribution in [0.1, 0.15) is 16.7 Å². The Labute approximate surface area is 120 Å². The second-order valence-electron chi connectivity index (χ2n) is 4.30. The molecule has 5 heteroatoms. The molecule has 2 aromatic carbocycles. The average Bonchev–Trinajstić information content (AvgIpc) is 2.42. The van der Waals surface area contributed by atoms with Crippen molar-refractivity contribution in [3.63, 3.8) is 0 Å². The lowest BCUT2D eigenvalue weighted by Crippen LogP contribution is -2.06. The fraction of sp³-hybridized carbons (Fsp3) is 0.133. The van der Waals surface area contributed by atoms with Crippen molar-refractivity contribution >= 4 is 17.3 Å². The van der Waals surface area contributed by atoms with Crippen LogP contribution in [0.2, 0.25) is 5.02 Å². The number of anilines is 1. The van der Waals surface area contributed by atoms with Gasteiger partial charge in [0.1, 0.15) is 11.6 Å². The van der Waals surface area contributed by atoms with Gasteiger partial charge in [0.25, 0.3) is 0 Å². The molecule has 2 rings (SSSR count). The summed E-state index contributed by atoms with van der Waals surface area (Å²) in [6, 6.07) is 9.02. The van der Waals surface area contributed by atoms with Crippen molar-refractivity contribution in [1.82, 2.24) is 0 Å². The van der Waals surface area contributed by atoms with E-state index in [1.165, 1.54) is 0 Å². The van der Waals surface area contributed by atoms with Crippen LogP contribution in [-0.2, 0) is 6.54 Å². The largest absolute Gasteiger partial charge is 0.380 e. The predicted molar refractivity (Wildman–Crippen MR) is 74.6 cm³/mol. The van der Waals surface area contributed by atoms with Crippen LogP contribution < -0.4 is 5.32 Å². The molecule has 0 aliphatic carbocycles. The number of nitriles is 1. The number of halogens is 3. The standard InChI is InChI=1S/C15H11ClF2N2/c1-9-12(16)3-2-4-15(9)20-8-11-13(17)5-10(7-19)6-14(11)18/h2-6,20H,8H2,1H3. The summed E-state index contributed by atoms with van der Waals surface area (Å²) < 4.78 is 27.4. The first-order chi connectivity index (χ1) is 9.52. The highest BCUT2D eigenvalue weighted by Crippen LogP contribution is 2.24. The van der Waals surface area contributed by atoms with Gasteiger partial charge in [-0.05, 0) is 36.8 Å². The maximum atomic E-state index is 13.7. The molecule has 0 heterocycles. The van der Waals surface area contributed by atoms with E-state index in [0.29, 0.717) is 10.7 Å². The van der Waals surface area contributed by atoms with E-state index in [9.17, 15) is 8.78 Å². The number of hydrogen-bond acceptors (Lipinski definition) is 2. The summed E-state index contributed by atoms with van der Waals surface area (Å²) >= 11 is 5.97. The quantitative estimate of drug-likeness (QED) is 0.909. The predicted octanol–water partition coefficient (Wildman–Crippen LogP) is 4.41. The first-order valence-electron chi connectivity index (χ1n) is 5.90. The highest BCUT2D eigenvalue weighted by Gasteiger charge is 2.11. The van der Waals surface area contributed by atoms with E-state index in [0.717, 1.165) is 17.7 Å². The molecule has 102 valence electrons. The Hall–Kier alpha value is -2.12. The summed E-state index contributed by atoms with van der Waals surface area (Å²) in [6.45, 7) is 1.79. The maximum absolute atomic E-state index is 13.7. The summed E-state index contributed by atoms with van der Waals surface area (Å²) in [6.07, 6.45) is 0. The van der Waals surface area contributed by atoms with E-state index in [1.54, 1.807) is 24.3 Å². The number of rotatable bonds is 3. The SMILES string of the molecule is Cc1c(Cl)cccc1NCc1c(F)cc(C#N)cc1F. The third-order valence-corrected chi connectivity index (χ3v) is 3.40. The molecule has 0 aliphatic rings. The van der Waals surface area contributed by atoms with Crippen molar-refractivity contribution in [1.29, 1.82) is 5.26 Å². The van der Waals surface area contributed by atoms with Gasteiger partial charge in [0.05, 0.1) is 11.6 Å². The lowest BCUT2D eigenvalue weighted by molar-refractivity contribution is 0.559. The van der Waals surface area contributed by atoms with Gasteiger partial charge in [-0.2, -0.15) is 5.26 Å². The smallest absolute Gasteiger partial charge is 0.132 e. The second kappa shape index (κ2) is 5.89. The number of nitrogens with one attached hydrogen (secondary N) is 1. The fourth-order valence-electron chi connectivity index (χ4n) is 1.82. The molecule has 0 spiro atoms. The van der Waals surface area contributed by atoms with Crippen molar-refractivity contribution in [2.45, 2.75) is 13.5 Å². The molecular weight excluding hydrogens is 282 g/mol. The summed E-state index contributed by atoms with van der Waals surface area (Å²) in [7, 11) is 0. The number of nitrogens with zero attached hydrogens (tertiary/aromatic N) is 1. The lowest BCUT2D eigenvalue weighted by atomic mass is 10.1. The normalized spacial score (nSPS) is 10.2. The fourth-order valence-corrected chi connectivity index (χ4v) is 1.99. The molecule has 0 saturated heterocycles. The Bertz CT molecular complexity index is 670. The molecule has 0 radical (unpaired) electrons. The van der Waals surface area contributed by atoms with Crippen molar-refractivity contribution in [2.24, 2.45) is 0 Å². The van der Waals surface area contributed by atoms with Crippen LogP contribution in [0.4, 0.5) is 14.5 Å². The molecule has 0 atom stereocenters. The zero-order chi connectivity index (χ0) is 14.7. The summed E-state index contributed by atoms with van der Waals surface area (Å²) in [5.74, 6) is -1.48. The van der Waals surface area contributed by atoms with Crippen LogP contribution in [0.15, 0.2) is 30.3 Å². The minimum absolute atomic E-state index is 0.0233. The highest BCUT2D eigenvalue weighted by atomic mass is 35.5. The number of benzene rings is 2. The minimum Gasteiger partial charge on any atom is -0.380 e. The van der Waals surface area contributed by atoms with E-state index in [4.69, 9.17) is 16.9 Å². The van der Waals surface area contributed by atoms with Gasteiger partial charge >= 0.3 is 0 Å². The van der Waals surface area contributed by atoms with Gasteiger partial charge in [-0.3, -0.25) is 0 Å². The Balaban J connectivity index is 2.24. The Morgan fingerprint density at radius 3 is 2.50 bits per heavy atom. The molecular formula is C15H11ClF2N2. The van der Waals surface area contributed by atoms with E-state index >= 15 is 0 Å². The van der Waals surface area contributed by atoms with Crippen molar-refractivity contribution in [3.8, 4) is 6.07 Å². The molecule has 0 aromatic heterocycles. The summed E-state index contributed by atoms with van der Waals surface area (Å²) in [4.78, 5) is 0. The highest BCUT2D eigenvalue weighted by molar-refractivity contribution is 6.31. The molecule has 20 heavy (non-hydrogen) atoms. The molecule has 0 saturated carbocycles. The van der Waals surface area contributed by atoms with E-state index in [-0.39, 0.29) is 17.7 Å². The first-order valence-corrected chi connectivity index (χ1v) is 6.27. The Kier molecular flexibility index (Phi) is 4.21. The summed E-state index contributed by atoms with van der Waals surface area (Å²) in [5.41, 5.74) is 1.37. The molecule has 2 nitrogen and oxygen atoms in total. The monoisotopic (exact) mass is 292 g/mol. The van der Waals surface area contributed by atoms with E-state index in [1.807, 2.05) is 6.92 Å². The molecule has 0 unspecified atom stereocenters. The topological polar surface area (TPSA) is 35.8 Å². The molecule has 2 aromatic rings. The first kappa shape index (κ1) is 14.3.